The van der Waals surface area contributed by atoms with E-state index in [-0.39, 0.29) is 11.5 Å². The number of aromatic nitrogens is 2. The number of H-pyrrole nitrogens is 1. The maximum absolute atomic E-state index is 12.4. The number of nitrogens with one attached hydrogen (secondary N) is 2. The Morgan fingerprint density at radius 2 is 1.93 bits per heavy atom. The van der Waals surface area contributed by atoms with Crippen molar-refractivity contribution in [2.75, 3.05) is 0 Å². The summed E-state index contributed by atoms with van der Waals surface area (Å²) in [6.45, 7) is 11.8. The summed E-state index contributed by atoms with van der Waals surface area (Å²) >= 11 is 3.55. The first kappa shape index (κ1) is 19.9. The van der Waals surface area contributed by atoms with E-state index < -0.39 is 11.7 Å². The third-order valence-corrected chi connectivity index (χ3v) is 5.06. The summed E-state index contributed by atoms with van der Waals surface area (Å²) in [5.74, 6) is 0.772. The molecule has 2 aromatic rings. The number of halogens is 1. The van der Waals surface area contributed by atoms with Gasteiger partial charge in [-0.1, -0.05) is 42.8 Å². The summed E-state index contributed by atoms with van der Waals surface area (Å²) in [4.78, 5) is 20.7. The van der Waals surface area contributed by atoms with Crippen LogP contribution in [0.5, 0.6) is 0 Å². The topological polar surface area (TPSA) is 67.0 Å². The van der Waals surface area contributed by atoms with Gasteiger partial charge < -0.3 is 15.0 Å². The molecule has 3 rings (SSSR count). The van der Waals surface area contributed by atoms with Gasteiger partial charge in [0, 0.05) is 10.0 Å². The first-order valence-electron chi connectivity index (χ1n) is 9.31. The van der Waals surface area contributed by atoms with Gasteiger partial charge >= 0.3 is 6.09 Å². The lowest BCUT2D eigenvalue weighted by Crippen LogP contribution is -2.40. The minimum absolute atomic E-state index is 0.222. The van der Waals surface area contributed by atoms with Gasteiger partial charge in [-0.2, -0.15) is 0 Å². The molecule has 1 aliphatic carbocycles. The average molecular weight is 434 g/mol. The van der Waals surface area contributed by atoms with E-state index in [1.54, 1.807) is 0 Å². The molecule has 1 heterocycles. The van der Waals surface area contributed by atoms with Crippen LogP contribution in [0.4, 0.5) is 4.79 Å². The number of hydrogen-bond acceptors (Lipinski definition) is 3. The Bertz CT molecular complexity index is 859. The first-order valence-corrected chi connectivity index (χ1v) is 10.1. The molecule has 1 aromatic heterocycles. The lowest BCUT2D eigenvalue weighted by Gasteiger charge is -2.31. The van der Waals surface area contributed by atoms with Crippen LogP contribution in [-0.4, -0.2) is 21.7 Å². The van der Waals surface area contributed by atoms with Crippen molar-refractivity contribution in [3.8, 4) is 11.3 Å². The van der Waals surface area contributed by atoms with Crippen molar-refractivity contribution in [3.63, 3.8) is 0 Å². The smallest absolute Gasteiger partial charge is 0.408 e. The van der Waals surface area contributed by atoms with Crippen LogP contribution in [0.15, 0.2) is 22.7 Å². The Labute approximate surface area is 169 Å². The molecule has 5 nitrogen and oxygen atoms in total. The van der Waals surface area contributed by atoms with Crippen molar-refractivity contribution in [3.05, 3.63) is 39.8 Å². The number of amides is 1. The predicted molar refractivity (Wildman–Crippen MR) is 111 cm³/mol. The molecule has 0 bridgehead atoms. The van der Waals surface area contributed by atoms with Gasteiger partial charge in [0.2, 0.25) is 0 Å². The van der Waals surface area contributed by atoms with Crippen LogP contribution < -0.4 is 5.32 Å². The van der Waals surface area contributed by atoms with E-state index >= 15 is 0 Å². The number of carbonyl (C=O) groups excluding carboxylic acids is 1. The molecule has 1 aliphatic rings. The molecule has 0 fully saturated rings. The van der Waals surface area contributed by atoms with E-state index in [9.17, 15) is 4.79 Å². The molecule has 0 saturated carbocycles. The third kappa shape index (κ3) is 4.54. The van der Waals surface area contributed by atoms with Crippen LogP contribution in [0.25, 0.3) is 11.3 Å². The van der Waals surface area contributed by atoms with E-state index in [2.05, 4.69) is 65.2 Å². The molecule has 27 heavy (non-hydrogen) atoms. The number of rotatable bonds is 2. The van der Waals surface area contributed by atoms with Crippen LogP contribution in [0.1, 0.15) is 64.7 Å². The van der Waals surface area contributed by atoms with Crippen molar-refractivity contribution in [2.24, 2.45) is 5.41 Å². The highest BCUT2D eigenvalue weighted by Gasteiger charge is 2.33. The summed E-state index contributed by atoms with van der Waals surface area (Å²) in [6, 6.07) is 6.05. The highest BCUT2D eigenvalue weighted by atomic mass is 79.9. The Morgan fingerprint density at radius 1 is 1.22 bits per heavy atom. The third-order valence-electron chi connectivity index (χ3n) is 4.57. The SMILES string of the molecule is CC(C)(C)OC(=O)N[C@H](c1nc2c([nH]1)-c1ccc(Br)cc1CC2)C(C)(C)C. The second kappa shape index (κ2) is 6.97. The summed E-state index contributed by atoms with van der Waals surface area (Å²) in [5, 5.41) is 3.01. The molecule has 1 atom stereocenters. The molecule has 1 aromatic carbocycles. The maximum atomic E-state index is 12.4. The van der Waals surface area contributed by atoms with Crippen molar-refractivity contribution in [1.82, 2.24) is 15.3 Å². The van der Waals surface area contributed by atoms with E-state index in [0.29, 0.717) is 0 Å². The molecule has 2 N–H and O–H groups in total. The number of benzene rings is 1. The molecule has 6 heteroatoms. The monoisotopic (exact) mass is 433 g/mol. The standard InChI is InChI=1S/C21H28BrN3O2/c1-20(2,3)17(25-19(26)27-21(4,5)6)18-23-15-10-7-12-11-13(22)8-9-14(12)16(15)24-18/h8-9,11,17H,7,10H2,1-6H3,(H,23,24)(H,25,26)/t17-/m1/s1. The number of nitrogens with zero attached hydrogens (tertiary/aromatic N) is 1. The van der Waals surface area contributed by atoms with Gasteiger partial charge in [0.05, 0.1) is 17.4 Å². The van der Waals surface area contributed by atoms with E-state index in [1.807, 2.05) is 20.8 Å². The lowest BCUT2D eigenvalue weighted by atomic mass is 9.86. The molecule has 0 aliphatic heterocycles. The van der Waals surface area contributed by atoms with E-state index in [4.69, 9.17) is 9.72 Å². The molecular weight excluding hydrogens is 406 g/mol. The summed E-state index contributed by atoms with van der Waals surface area (Å²) in [5.41, 5.74) is 3.84. The second-order valence-corrected chi connectivity index (χ2v) is 10.1. The quantitative estimate of drug-likeness (QED) is 0.651. The number of ether oxygens (including phenoxy) is 1. The zero-order valence-corrected chi connectivity index (χ0v) is 18.5. The number of carbonyl (C=O) groups is 1. The van der Waals surface area contributed by atoms with Crippen LogP contribution in [-0.2, 0) is 17.6 Å². The highest BCUT2D eigenvalue weighted by molar-refractivity contribution is 9.10. The fraction of sp³-hybridized carbons (Fsp3) is 0.524. The molecule has 0 saturated heterocycles. The summed E-state index contributed by atoms with van der Waals surface area (Å²) in [7, 11) is 0. The normalized spacial score (nSPS) is 14.9. The van der Waals surface area contributed by atoms with Gasteiger partial charge in [0.25, 0.3) is 0 Å². The van der Waals surface area contributed by atoms with E-state index in [1.165, 1.54) is 11.1 Å². The zero-order valence-electron chi connectivity index (χ0n) is 16.9. The van der Waals surface area contributed by atoms with Crippen molar-refractivity contribution < 1.29 is 9.53 Å². The molecule has 0 radical (unpaired) electrons. The Hall–Kier alpha value is -1.82. The second-order valence-electron chi connectivity index (χ2n) is 9.19. The fourth-order valence-corrected chi connectivity index (χ4v) is 3.76. The zero-order chi connectivity index (χ0) is 20.0. The van der Waals surface area contributed by atoms with Crippen LogP contribution in [0.2, 0.25) is 0 Å². The Balaban J connectivity index is 1.94. The Morgan fingerprint density at radius 3 is 2.56 bits per heavy atom. The maximum Gasteiger partial charge on any atom is 0.408 e. The lowest BCUT2D eigenvalue weighted by molar-refractivity contribution is 0.0458. The predicted octanol–water partition coefficient (Wildman–Crippen LogP) is 5.55. The fourth-order valence-electron chi connectivity index (χ4n) is 3.36. The van der Waals surface area contributed by atoms with Gasteiger partial charge in [0.15, 0.2) is 0 Å². The van der Waals surface area contributed by atoms with Crippen molar-refractivity contribution in [1.29, 1.82) is 0 Å². The summed E-state index contributed by atoms with van der Waals surface area (Å²) in [6.07, 6.45) is 1.42. The minimum Gasteiger partial charge on any atom is -0.444 e. The number of alkyl carbamates (subject to hydrolysis) is 1. The first-order chi connectivity index (χ1) is 12.4. The largest absolute Gasteiger partial charge is 0.444 e. The average Bonchev–Trinajstić information content (AvgIpc) is 2.93. The number of fused-ring (bicyclic) bond motifs is 3. The Kier molecular flexibility index (Phi) is 5.14. The number of aryl methyl sites for hydroxylation is 2. The van der Waals surface area contributed by atoms with Gasteiger partial charge in [-0.25, -0.2) is 9.78 Å². The number of hydrogen-bond donors (Lipinski definition) is 2. The number of aromatic amines is 1. The highest BCUT2D eigenvalue weighted by Crippen LogP contribution is 2.37. The molecule has 1 amide bonds. The van der Waals surface area contributed by atoms with Crippen LogP contribution in [0.3, 0.4) is 0 Å². The van der Waals surface area contributed by atoms with Crippen LogP contribution >= 0.6 is 15.9 Å². The van der Waals surface area contributed by atoms with Gasteiger partial charge in [-0.3, -0.25) is 0 Å². The van der Waals surface area contributed by atoms with Crippen LogP contribution in [0, 0.1) is 5.41 Å². The van der Waals surface area contributed by atoms with Gasteiger partial charge in [-0.15, -0.1) is 0 Å². The summed E-state index contributed by atoms with van der Waals surface area (Å²) < 4.78 is 6.55. The molecule has 146 valence electrons. The van der Waals surface area contributed by atoms with Crippen molar-refractivity contribution in [2.45, 2.75) is 66.0 Å². The molecule has 0 spiro atoms. The number of imidazole rings is 1. The molecular formula is C21H28BrN3O2. The van der Waals surface area contributed by atoms with Crippen molar-refractivity contribution >= 4 is 22.0 Å². The van der Waals surface area contributed by atoms with Gasteiger partial charge in [-0.05, 0) is 56.7 Å². The molecule has 0 unspecified atom stereocenters. The minimum atomic E-state index is -0.540. The van der Waals surface area contributed by atoms with E-state index in [0.717, 1.165) is 34.5 Å². The van der Waals surface area contributed by atoms with Gasteiger partial charge in [0.1, 0.15) is 11.4 Å².